The van der Waals surface area contributed by atoms with Crippen LogP contribution in [0, 0.1) is 69.8 Å². The van der Waals surface area contributed by atoms with Crippen molar-refractivity contribution in [2.24, 2.45) is 0 Å². The van der Waals surface area contributed by atoms with Crippen molar-refractivity contribution in [2.75, 3.05) is 39.6 Å². The van der Waals surface area contributed by atoms with E-state index < -0.39 is 230 Å². The summed E-state index contributed by atoms with van der Waals surface area (Å²) in [6, 6.07) is 10.9. The standard InChI is InChI=1S/C108H120F12O18/c1-7-13-19-25-31-37-45-127-91-61-79(109)73(52-85(91)115)103(121)133-67-43-44-68-69(51-67)70-58-97(134-104(122)74-53-86(116)92(62-80(74)110)128-46-38-32-26-20-14-8-2)98(135-105(123)75-54-87(117)93(63-81(75)111)129-47-39-33-27-21-15-9-3)59-72(70)100-71(68)60-99(136-106(124)76-55-88(118)94(64-82(76)112)130-48-40-34-28-22-16-10-4)101(137-107(125)77-56-89(119)95(65-83(77)113)131-49-41-35-29-23-17-11-5)102(100)138-108(126)78-57-90(120)96(66-84(78)114)132-50-42-36-30-24-18-12-6/h43-44,51-66H,7-42,45-50H2,1-6H3. The molecule has 0 aliphatic heterocycles. The largest absolute Gasteiger partial charge is 0.490 e. The summed E-state index contributed by atoms with van der Waals surface area (Å²) >= 11 is 0. The molecule has 138 heavy (non-hydrogen) atoms. The van der Waals surface area contributed by atoms with E-state index >= 15 is 71.9 Å². The van der Waals surface area contributed by atoms with Gasteiger partial charge in [-0.3, -0.25) is 0 Å². The number of unbranched alkanes of at least 4 members (excludes halogenated alkanes) is 30. The number of benzene rings is 10. The lowest BCUT2D eigenvalue weighted by Crippen LogP contribution is -2.18. The van der Waals surface area contributed by atoms with Crippen molar-refractivity contribution in [3.05, 3.63) is 212 Å². The van der Waals surface area contributed by atoms with Crippen molar-refractivity contribution >= 4 is 68.1 Å². The van der Waals surface area contributed by atoms with Crippen LogP contribution in [-0.4, -0.2) is 75.5 Å². The molecule has 0 heterocycles. The van der Waals surface area contributed by atoms with E-state index in [9.17, 15) is 9.59 Å². The van der Waals surface area contributed by atoms with Crippen molar-refractivity contribution in [1.82, 2.24) is 0 Å². The van der Waals surface area contributed by atoms with Crippen LogP contribution >= 0.6 is 0 Å². The highest BCUT2D eigenvalue weighted by molar-refractivity contribution is 6.29. The molecule has 0 bridgehead atoms. The number of carbonyl (C=O) groups excluding carboxylic acids is 6. The predicted octanol–water partition coefficient (Wildman–Crippen LogP) is 30.6. The number of rotatable bonds is 60. The third-order valence-electron chi connectivity index (χ3n) is 23.3. The summed E-state index contributed by atoms with van der Waals surface area (Å²) in [6.45, 7) is 11.6. The van der Waals surface area contributed by atoms with Crippen molar-refractivity contribution in [1.29, 1.82) is 0 Å². The average molecular weight is 1930 g/mol. The van der Waals surface area contributed by atoms with Crippen LogP contribution in [0.2, 0.25) is 0 Å². The van der Waals surface area contributed by atoms with Gasteiger partial charge in [-0.25, -0.2) is 81.5 Å². The molecule has 0 aliphatic rings. The molecule has 10 rings (SSSR count). The fourth-order valence-electron chi connectivity index (χ4n) is 15.6. The van der Waals surface area contributed by atoms with Crippen LogP contribution in [0.1, 0.15) is 335 Å². The van der Waals surface area contributed by atoms with Crippen LogP contribution in [0.15, 0.2) is 109 Å². The molecule has 10 aromatic carbocycles. The SMILES string of the molecule is CCCCCCCCOc1cc(F)c(C(=O)Oc2ccc3c(c2)c2cc(OC(=O)c4cc(F)c(OCCCCCCCC)cc4F)c(OC(=O)c4cc(F)c(OCCCCCCCC)cc4F)cc2c2c(OC(=O)c4cc(F)c(OCCCCCCCC)cc4F)c(OC(=O)c4cc(F)c(OCCCCCCCC)cc4F)c(OC(=O)c4cc(F)c(OCCCCCCCC)cc4F)cc32)cc1F. The fraction of sp³-hybridized carbons (Fsp3) is 0.444. The summed E-state index contributed by atoms with van der Waals surface area (Å²) in [5.41, 5.74) is -7.17. The molecule has 0 N–H and O–H groups in total. The Morgan fingerprint density at radius 3 is 0.674 bits per heavy atom. The van der Waals surface area contributed by atoms with E-state index in [2.05, 4.69) is 0 Å². The van der Waals surface area contributed by atoms with E-state index in [4.69, 9.17) is 56.8 Å². The molecule has 10 aromatic rings. The maximum absolute atomic E-state index is 17.2. The van der Waals surface area contributed by atoms with Crippen molar-refractivity contribution < 1.29 is 138 Å². The maximum atomic E-state index is 17.2. The van der Waals surface area contributed by atoms with Gasteiger partial charge >= 0.3 is 35.8 Å². The van der Waals surface area contributed by atoms with Crippen LogP contribution in [0.4, 0.5) is 52.7 Å². The van der Waals surface area contributed by atoms with Gasteiger partial charge in [-0.1, -0.05) is 240 Å². The summed E-state index contributed by atoms with van der Waals surface area (Å²) in [4.78, 5) is 90.4. The summed E-state index contributed by atoms with van der Waals surface area (Å²) in [6.07, 6.45) is 28.3. The first-order valence-electron chi connectivity index (χ1n) is 48.3. The number of hydrogen-bond donors (Lipinski definition) is 0. The lowest BCUT2D eigenvalue weighted by atomic mass is 9.92. The van der Waals surface area contributed by atoms with Gasteiger partial charge in [0.2, 0.25) is 5.75 Å². The van der Waals surface area contributed by atoms with Gasteiger partial charge in [0.1, 0.15) is 40.7 Å². The second kappa shape index (κ2) is 55.4. The molecule has 0 amide bonds. The van der Waals surface area contributed by atoms with Crippen molar-refractivity contribution in [3.63, 3.8) is 0 Å². The van der Waals surface area contributed by atoms with Crippen LogP contribution in [0.3, 0.4) is 0 Å². The Hall–Kier alpha value is -12.2. The first-order chi connectivity index (χ1) is 66.7. The molecule has 744 valence electrons. The average Bonchev–Trinajstić information content (AvgIpc) is 0.712. The Kier molecular flexibility index (Phi) is 43.3. The lowest BCUT2D eigenvalue weighted by molar-refractivity contribution is 0.0653. The molecular formula is C108H120F12O18. The molecule has 0 spiro atoms. The highest BCUT2D eigenvalue weighted by atomic mass is 19.2. The second-order valence-electron chi connectivity index (χ2n) is 34.1. The number of halogens is 12. The van der Waals surface area contributed by atoms with Crippen molar-refractivity contribution in [2.45, 2.75) is 273 Å². The molecule has 0 fully saturated rings. The summed E-state index contributed by atoms with van der Waals surface area (Å²) in [5.74, 6) is -38.5. The van der Waals surface area contributed by atoms with Crippen LogP contribution < -0.4 is 56.8 Å². The highest BCUT2D eigenvalue weighted by Crippen LogP contribution is 2.53. The lowest BCUT2D eigenvalue weighted by Gasteiger charge is -2.21. The molecule has 0 aromatic heterocycles. The molecule has 0 unspecified atom stereocenters. The van der Waals surface area contributed by atoms with E-state index in [0.29, 0.717) is 156 Å². The predicted molar refractivity (Wildman–Crippen MR) is 500 cm³/mol. The van der Waals surface area contributed by atoms with E-state index in [1.807, 2.05) is 41.5 Å². The molecule has 0 atom stereocenters. The zero-order valence-electron chi connectivity index (χ0n) is 79.0. The van der Waals surface area contributed by atoms with Gasteiger partial charge in [0.25, 0.3) is 0 Å². The van der Waals surface area contributed by atoms with E-state index in [1.54, 1.807) is 0 Å². The number of hydrogen-bond acceptors (Lipinski definition) is 18. The molecule has 30 heteroatoms. The topological polar surface area (TPSA) is 213 Å². The number of esters is 6. The Balaban J connectivity index is 1.25. The van der Waals surface area contributed by atoms with Crippen LogP contribution in [-0.2, 0) is 0 Å². The normalized spacial score (nSPS) is 11.3. The molecular weight excluding hydrogens is 1810 g/mol. The number of carbonyl (C=O) groups is 6. The van der Waals surface area contributed by atoms with Gasteiger partial charge in [0, 0.05) is 41.8 Å². The second-order valence-corrected chi connectivity index (χ2v) is 34.1. The molecule has 0 saturated heterocycles. The first-order valence-corrected chi connectivity index (χ1v) is 48.3. The Morgan fingerprint density at radius 2 is 0.399 bits per heavy atom. The van der Waals surface area contributed by atoms with Gasteiger partial charge in [-0.05, 0) is 132 Å². The number of ether oxygens (including phenoxy) is 12. The maximum Gasteiger partial charge on any atom is 0.346 e. The third-order valence-corrected chi connectivity index (χ3v) is 23.3. The molecule has 18 nitrogen and oxygen atoms in total. The first kappa shape index (κ1) is 108. The Labute approximate surface area is 796 Å². The monoisotopic (exact) mass is 1930 g/mol. The van der Waals surface area contributed by atoms with Gasteiger partial charge in [0.05, 0.1) is 73.0 Å². The zero-order chi connectivity index (χ0) is 99.2. The van der Waals surface area contributed by atoms with Gasteiger partial charge in [-0.2, -0.15) is 0 Å². The zero-order valence-corrected chi connectivity index (χ0v) is 79.0. The summed E-state index contributed by atoms with van der Waals surface area (Å²) in [7, 11) is 0. The van der Waals surface area contributed by atoms with Gasteiger partial charge < -0.3 is 56.8 Å². The van der Waals surface area contributed by atoms with Crippen molar-refractivity contribution in [3.8, 4) is 69.0 Å². The van der Waals surface area contributed by atoms with Gasteiger partial charge in [0.15, 0.2) is 92.4 Å². The minimum absolute atomic E-state index is 0.0232. The van der Waals surface area contributed by atoms with E-state index in [0.717, 1.165) is 184 Å². The van der Waals surface area contributed by atoms with Gasteiger partial charge in [-0.15, -0.1) is 0 Å². The van der Waals surface area contributed by atoms with Crippen LogP contribution in [0.5, 0.6) is 69.0 Å². The Morgan fingerprint density at radius 1 is 0.188 bits per heavy atom. The fourth-order valence-corrected chi connectivity index (χ4v) is 15.6. The van der Waals surface area contributed by atoms with E-state index in [-0.39, 0.29) is 50.4 Å². The quantitative estimate of drug-likeness (QED) is 0.0114. The molecule has 0 saturated carbocycles. The van der Waals surface area contributed by atoms with Crippen LogP contribution in [0.25, 0.3) is 32.3 Å². The highest BCUT2D eigenvalue weighted by Gasteiger charge is 2.35. The summed E-state index contributed by atoms with van der Waals surface area (Å²) < 4.78 is 269. The van der Waals surface area contributed by atoms with E-state index in [1.165, 1.54) is 0 Å². The molecule has 0 aliphatic carbocycles. The minimum Gasteiger partial charge on any atom is -0.490 e. The summed E-state index contributed by atoms with van der Waals surface area (Å²) in [5, 5.41) is -3.23. The Bertz CT molecular complexity index is 5830. The smallest absolute Gasteiger partial charge is 0.346 e. The number of fused-ring (bicyclic) bond motifs is 6. The minimum atomic E-state index is -1.97. The third kappa shape index (κ3) is 30.6. The molecule has 0 radical (unpaired) electrons.